The molecule has 8 rings (SSSR count). The minimum Gasteiger partial charge on any atom is -0.478 e. The maximum Gasteiger partial charge on any atom is 0.416 e. The molecule has 0 aliphatic carbocycles. The molecular formula is C61H60Cl3F15N9O5PS4. The second-order valence-electron chi connectivity index (χ2n) is 18.4. The molecule has 1 aromatic heterocycles. The molecule has 0 saturated heterocycles. The summed E-state index contributed by atoms with van der Waals surface area (Å²) in [7, 11) is 2.00. The van der Waals surface area contributed by atoms with Gasteiger partial charge in [-0.1, -0.05) is 115 Å². The topological polar surface area (TPSA) is 247 Å². The summed E-state index contributed by atoms with van der Waals surface area (Å²) < 4.78 is 197. The number of aromatic carboxylic acids is 1. The molecule has 0 bridgehead atoms. The van der Waals surface area contributed by atoms with Crippen LogP contribution in [0.5, 0.6) is 0 Å². The van der Waals surface area contributed by atoms with E-state index in [-0.39, 0.29) is 46.7 Å². The molecule has 0 spiro atoms. The number of anilines is 5. The average molecular weight is 1550 g/mol. The maximum absolute atomic E-state index is 12.7. The number of aliphatic hydroxyl groups is 2. The molecule has 8 aromatic rings. The number of nitrogens with one attached hydrogen (secondary N) is 3. The second kappa shape index (κ2) is 43.2. The van der Waals surface area contributed by atoms with Gasteiger partial charge in [-0.3, -0.25) is 4.57 Å². The summed E-state index contributed by atoms with van der Waals surface area (Å²) in [6, 6.07) is 38.2. The highest BCUT2D eigenvalue weighted by molar-refractivity contribution is 8.24. The summed E-state index contributed by atoms with van der Waals surface area (Å²) in [6.45, 7) is 5.83. The highest BCUT2D eigenvalue weighted by atomic mass is 36.0. The van der Waals surface area contributed by atoms with Crippen LogP contribution < -0.4 is 33.2 Å². The number of carboxylic acids is 1. The number of nitrogens with two attached hydrogens (primary N) is 3. The third kappa shape index (κ3) is 36.5. The zero-order chi connectivity index (χ0) is 75.6. The van der Waals surface area contributed by atoms with Crippen LogP contribution in [0.4, 0.5) is 99.4 Å². The van der Waals surface area contributed by atoms with Crippen LogP contribution in [0.25, 0.3) is 10.6 Å². The normalized spacial score (nSPS) is 10.8. The Kier molecular flexibility index (Phi) is 40.0. The van der Waals surface area contributed by atoms with Crippen LogP contribution in [0.2, 0.25) is 0 Å². The molecule has 14 nitrogen and oxygen atoms in total. The van der Waals surface area contributed by atoms with Crippen molar-refractivity contribution in [1.82, 2.24) is 10.2 Å². The number of alkyl halides is 15. The number of isothiocyanates is 1. The fourth-order valence-electron chi connectivity index (χ4n) is 6.87. The van der Waals surface area contributed by atoms with E-state index in [1.54, 1.807) is 36.4 Å². The predicted octanol–water partition coefficient (Wildman–Crippen LogP) is 20.1. The third-order valence-electron chi connectivity index (χ3n) is 11.2. The summed E-state index contributed by atoms with van der Waals surface area (Å²) in [5.74, 6) is -0.879. The fourth-order valence-corrected chi connectivity index (χ4v) is 7.98. The van der Waals surface area contributed by atoms with E-state index in [0.29, 0.717) is 42.7 Å². The molecule has 0 aliphatic heterocycles. The Hall–Kier alpha value is -7.36. The first-order chi connectivity index (χ1) is 45.4. The number of hydrogen-bond donors (Lipinski definition) is 9. The van der Waals surface area contributed by atoms with Crippen molar-refractivity contribution in [3.8, 4) is 10.6 Å². The van der Waals surface area contributed by atoms with Gasteiger partial charge in [-0.2, -0.15) is 70.8 Å². The van der Waals surface area contributed by atoms with Gasteiger partial charge >= 0.3 is 42.1 Å². The van der Waals surface area contributed by atoms with Gasteiger partial charge in [0.1, 0.15) is 5.01 Å². The minimum absolute atomic E-state index is 0.102. The van der Waals surface area contributed by atoms with Gasteiger partial charge in [-0.15, -0.1) is 10.2 Å². The van der Waals surface area contributed by atoms with Crippen LogP contribution in [0.1, 0.15) is 60.4 Å². The lowest BCUT2D eigenvalue weighted by Crippen LogP contribution is -2.20. The van der Waals surface area contributed by atoms with Crippen LogP contribution in [0.15, 0.2) is 163 Å². The van der Waals surface area contributed by atoms with Crippen LogP contribution in [-0.2, 0) is 35.4 Å². The van der Waals surface area contributed by atoms with Crippen LogP contribution in [0.3, 0.4) is 0 Å². The summed E-state index contributed by atoms with van der Waals surface area (Å²) in [5, 5.41) is 38.5. The summed E-state index contributed by atoms with van der Waals surface area (Å²) in [4.78, 5) is 14.3. The van der Waals surface area contributed by atoms with Gasteiger partial charge in [0.25, 0.3) is 0 Å². The van der Waals surface area contributed by atoms with Crippen molar-refractivity contribution in [2.75, 3.05) is 49.0 Å². The number of aliphatic imine (C=N–C) groups is 1. The molecule has 0 atom stereocenters. The van der Waals surface area contributed by atoms with Gasteiger partial charge in [0, 0.05) is 55.6 Å². The van der Waals surface area contributed by atoms with Crippen molar-refractivity contribution in [1.29, 1.82) is 0 Å². The molecule has 0 amide bonds. The van der Waals surface area contributed by atoms with Gasteiger partial charge in [0.05, 0.1) is 54.2 Å². The summed E-state index contributed by atoms with van der Waals surface area (Å²) in [6.07, 6.45) is -21.7. The highest BCUT2D eigenvalue weighted by Gasteiger charge is 2.35. The number of carbonyl (C=O) groups is 1. The molecule has 7 aromatic carbocycles. The first kappa shape index (κ1) is 90.6. The van der Waals surface area contributed by atoms with Gasteiger partial charge in [-0.25, -0.2) is 4.79 Å². The van der Waals surface area contributed by atoms with E-state index in [4.69, 9.17) is 57.0 Å². The molecule has 0 aliphatic rings. The maximum atomic E-state index is 12.7. The molecule has 98 heavy (non-hydrogen) atoms. The van der Waals surface area contributed by atoms with Crippen LogP contribution in [-0.4, -0.2) is 73.9 Å². The van der Waals surface area contributed by atoms with Crippen molar-refractivity contribution in [3.63, 3.8) is 0 Å². The lowest BCUT2D eigenvalue weighted by Gasteiger charge is -2.13. The summed E-state index contributed by atoms with van der Waals surface area (Å²) >= 11 is 29.0. The Bertz CT molecular complexity index is 3800. The summed E-state index contributed by atoms with van der Waals surface area (Å²) in [5.41, 5.74) is 15.5. The zero-order valence-corrected chi connectivity index (χ0v) is 58.0. The molecule has 0 fully saturated rings. The number of aryl methyl sites for hydroxylation is 4. The first-order valence-corrected chi connectivity index (χ1v) is 33.1. The Morgan fingerprint density at radius 3 is 1.30 bits per heavy atom. The molecule has 1 heterocycles. The number of halogens is 18. The first-order valence-electron chi connectivity index (χ1n) is 26.6. The van der Waals surface area contributed by atoms with Crippen molar-refractivity contribution < 1.29 is 90.5 Å². The Balaban J connectivity index is 0.00000114. The largest absolute Gasteiger partial charge is 0.478 e. The molecular weight excluding hydrogens is 1490 g/mol. The van der Waals surface area contributed by atoms with Crippen molar-refractivity contribution in [3.05, 3.63) is 213 Å². The van der Waals surface area contributed by atoms with E-state index >= 15 is 0 Å². The second-order valence-corrected chi connectivity index (χ2v) is 27.2. The molecule has 0 saturated carbocycles. The van der Waals surface area contributed by atoms with Crippen LogP contribution in [0, 0.1) is 27.7 Å². The number of benzene rings is 7. The van der Waals surface area contributed by atoms with Gasteiger partial charge in [0.2, 0.25) is 5.13 Å². The lowest BCUT2D eigenvalue weighted by atomic mass is 10.1. The number of hydrogen-bond acceptors (Lipinski definition) is 15. The predicted molar refractivity (Wildman–Crippen MR) is 369 cm³/mol. The van der Waals surface area contributed by atoms with Crippen LogP contribution >= 0.6 is 86.9 Å². The zero-order valence-electron chi connectivity index (χ0n) is 51.5. The highest BCUT2D eigenvalue weighted by Crippen LogP contribution is 2.61. The number of carboxylic acid groups (broad SMARTS) is 1. The molecule has 12 N–H and O–H groups in total. The Morgan fingerprint density at radius 2 is 0.929 bits per heavy atom. The number of nitrogen functional groups attached to an aromatic ring is 1. The van der Waals surface area contributed by atoms with E-state index in [0.717, 1.165) is 56.2 Å². The number of aromatic nitrogens is 2. The van der Waals surface area contributed by atoms with E-state index in [9.17, 15) is 75.2 Å². The van der Waals surface area contributed by atoms with Gasteiger partial charge in [-0.05, 0) is 175 Å². The monoisotopic (exact) mass is 1550 g/mol. The average Bonchev–Trinajstić information content (AvgIpc) is 0.999. The molecule has 0 radical (unpaired) electrons. The molecule has 534 valence electrons. The van der Waals surface area contributed by atoms with E-state index in [1.165, 1.54) is 93.6 Å². The fraction of sp³-hybridized carbons (Fsp3) is 0.213. The van der Waals surface area contributed by atoms with E-state index < -0.39 is 69.9 Å². The number of thiocarbonyl (C=S) groups is 3. The van der Waals surface area contributed by atoms with Crippen molar-refractivity contribution >= 4 is 142 Å². The standard InChI is InChI=1S/C15H10F3N3S.2C10H11F3N2S.C9H6F3NS.C8H8F3N.C7H6O2.2CH4O.Cl3OP/c16-15(17,18)11-7-4-8-12(9-11)19-14-21-20-13(22-14)10-5-2-1-3-6-10;2*1-6-2-3-7(15-9(16)5-14)4-8(6)10(11,12)13;1-6-2-3-7(13-5-14)4-8(6)9(10,11)12;1-5-2-3-6(12)4-7(5)8(9,10)11;8-7(9)6-4-2-1-3-5-6;2*1-2;1-5(2,3)4/h1-9H,(H,19,21);2*2-4H,5,14H2,1H3,(H,15,16);2-4H,1H3;2-4H,12H2,1H3;1-5H,(H,8,9);2*2H,1H3;. The lowest BCUT2D eigenvalue weighted by molar-refractivity contribution is -0.138. The minimum atomic E-state index is -4.37. The number of rotatable bonds is 9. The van der Waals surface area contributed by atoms with Crippen molar-refractivity contribution in [2.45, 2.75) is 58.6 Å². The third-order valence-corrected chi connectivity index (χ3v) is 12.7. The van der Waals surface area contributed by atoms with E-state index in [1.807, 2.05) is 35.5 Å². The van der Waals surface area contributed by atoms with Gasteiger partial charge < -0.3 is 48.5 Å². The molecule has 37 heteroatoms. The smallest absolute Gasteiger partial charge is 0.416 e. The number of nitrogens with zero attached hydrogens (tertiary/aromatic N) is 3. The SMILES string of the molecule is CO.CO.Cc1ccc(N)cc1C(F)(F)F.Cc1ccc(N=C=S)cc1C(F)(F)F.Cc1ccc(NC(=S)CN)cc1C(F)(F)F.Cc1ccc(NC(=S)CN)cc1C(F)(F)F.FC(F)(F)c1cccc(Nc2nnc(-c3ccccc3)s2)c1.O=C(O)c1ccccc1.O=P(Cl)(Cl)Cl. The van der Waals surface area contributed by atoms with Gasteiger partial charge in [0.15, 0.2) is 0 Å². The van der Waals surface area contributed by atoms with E-state index in [2.05, 4.69) is 77.1 Å². The molecule has 0 unspecified atom stereocenters. The Labute approximate surface area is 586 Å². The quantitative estimate of drug-likeness (QED) is 0.0214. The van der Waals surface area contributed by atoms with Crippen molar-refractivity contribution in [2.24, 2.45) is 16.5 Å². The number of aliphatic hydroxyl groups excluding tert-OH is 2. The Morgan fingerprint density at radius 1 is 0.541 bits per heavy atom.